The number of furan rings is 1. The van der Waals surface area contributed by atoms with Crippen molar-refractivity contribution in [3.05, 3.63) is 164 Å². The van der Waals surface area contributed by atoms with Crippen LogP contribution in [0.1, 0.15) is 0 Å². The number of rotatable bonds is 5. The summed E-state index contributed by atoms with van der Waals surface area (Å²) in [6, 6.07) is 56.9. The first-order valence-electron chi connectivity index (χ1n) is 16.6. The lowest BCUT2D eigenvalue weighted by Crippen LogP contribution is -2.00. The molecule has 0 radical (unpaired) electrons. The highest BCUT2D eigenvalue weighted by Crippen LogP contribution is 2.40. The predicted molar refractivity (Wildman–Crippen MR) is 207 cm³/mol. The van der Waals surface area contributed by atoms with E-state index in [1.807, 2.05) is 84.1 Å². The van der Waals surface area contributed by atoms with E-state index >= 15 is 0 Å². The molecule has 0 saturated carbocycles. The van der Waals surface area contributed by atoms with Gasteiger partial charge in [-0.15, -0.1) is 11.3 Å². The number of fused-ring (bicyclic) bond motifs is 6. The Hall–Kier alpha value is -6.43. The van der Waals surface area contributed by atoms with Crippen molar-refractivity contribution in [1.82, 2.24) is 15.0 Å². The largest absolute Gasteiger partial charge is 0.456 e. The fourth-order valence-corrected chi connectivity index (χ4v) is 7.98. The van der Waals surface area contributed by atoms with Crippen LogP contribution in [0.2, 0.25) is 0 Å². The highest BCUT2D eigenvalue weighted by molar-refractivity contribution is 7.25. The van der Waals surface area contributed by atoms with Crippen molar-refractivity contribution in [3.8, 4) is 56.4 Å². The molecule has 0 fully saturated rings. The van der Waals surface area contributed by atoms with Crippen molar-refractivity contribution in [2.75, 3.05) is 0 Å². The standard InChI is InChI=1S/C45H27N3OS/c1-3-10-30(11-4-1)43-46-44(31-12-5-2-6-13-31)48-45(47-43)33-22-24-36-39(27-33)49-38-16-9-15-34(42(36)38)29-20-18-28(19-21-29)32-23-25-41-37(26-32)35-14-7-8-17-40(35)50-41/h1-27H. The first-order valence-corrected chi connectivity index (χ1v) is 17.4. The van der Waals surface area contributed by atoms with Crippen molar-refractivity contribution in [1.29, 1.82) is 0 Å². The maximum absolute atomic E-state index is 6.50. The zero-order valence-electron chi connectivity index (χ0n) is 26.7. The average molecular weight is 658 g/mol. The number of thiophene rings is 1. The number of hydrogen-bond acceptors (Lipinski definition) is 5. The number of aromatic nitrogens is 3. The van der Waals surface area contributed by atoms with E-state index in [-0.39, 0.29) is 0 Å². The first-order chi connectivity index (χ1) is 24.7. The summed E-state index contributed by atoms with van der Waals surface area (Å²) in [7, 11) is 0. The van der Waals surface area contributed by atoms with Crippen LogP contribution in [0.4, 0.5) is 0 Å². The molecule has 234 valence electrons. The Kier molecular flexibility index (Phi) is 6.64. The molecule has 10 rings (SSSR count). The van der Waals surface area contributed by atoms with Gasteiger partial charge in [0.25, 0.3) is 0 Å². The van der Waals surface area contributed by atoms with Crippen LogP contribution in [-0.2, 0) is 0 Å². The van der Waals surface area contributed by atoms with Gasteiger partial charge in [-0.1, -0.05) is 127 Å². The third-order valence-corrected chi connectivity index (χ3v) is 10.5. The molecule has 5 heteroatoms. The first kappa shape index (κ1) is 28.6. The van der Waals surface area contributed by atoms with E-state index in [0.29, 0.717) is 17.5 Å². The summed E-state index contributed by atoms with van der Waals surface area (Å²) >= 11 is 1.85. The maximum Gasteiger partial charge on any atom is 0.164 e. The van der Waals surface area contributed by atoms with E-state index in [4.69, 9.17) is 19.4 Å². The molecule has 0 aliphatic carbocycles. The molecule has 4 nitrogen and oxygen atoms in total. The minimum Gasteiger partial charge on any atom is -0.456 e. The SMILES string of the molecule is c1ccc(-c2nc(-c3ccccc3)nc(-c3ccc4c(c3)oc3cccc(-c5ccc(-c6ccc7sc8ccccc8c7c6)cc5)c34)n2)cc1. The zero-order valence-corrected chi connectivity index (χ0v) is 27.6. The Labute approximate surface area is 292 Å². The molecule has 7 aromatic carbocycles. The second kappa shape index (κ2) is 11.6. The molecule has 0 saturated heterocycles. The van der Waals surface area contributed by atoms with Crippen LogP contribution in [0.15, 0.2) is 168 Å². The normalized spacial score (nSPS) is 11.6. The van der Waals surface area contributed by atoms with Crippen LogP contribution in [0.5, 0.6) is 0 Å². The van der Waals surface area contributed by atoms with Crippen molar-refractivity contribution in [2.24, 2.45) is 0 Å². The van der Waals surface area contributed by atoms with Gasteiger partial charge in [-0.05, 0) is 58.7 Å². The molecule has 0 spiro atoms. The molecular formula is C45H27N3OS. The molecule has 10 aromatic rings. The van der Waals surface area contributed by atoms with E-state index < -0.39 is 0 Å². The second-order valence-corrected chi connectivity index (χ2v) is 13.5. The summed E-state index contributed by atoms with van der Waals surface area (Å²) in [5, 5.41) is 4.78. The Balaban J connectivity index is 1.04. The van der Waals surface area contributed by atoms with Crippen LogP contribution >= 0.6 is 11.3 Å². The summed E-state index contributed by atoms with van der Waals surface area (Å²) in [5.74, 6) is 1.87. The lowest BCUT2D eigenvalue weighted by molar-refractivity contribution is 0.669. The van der Waals surface area contributed by atoms with Crippen molar-refractivity contribution >= 4 is 53.4 Å². The summed E-state index contributed by atoms with van der Waals surface area (Å²) in [4.78, 5) is 14.7. The molecule has 0 amide bonds. The topological polar surface area (TPSA) is 51.8 Å². The van der Waals surface area contributed by atoms with Gasteiger partial charge >= 0.3 is 0 Å². The summed E-state index contributed by atoms with van der Waals surface area (Å²) in [5.41, 5.74) is 9.08. The molecule has 0 bridgehead atoms. The Morgan fingerprint density at radius 3 is 1.70 bits per heavy atom. The van der Waals surface area contributed by atoms with Gasteiger partial charge in [-0.3, -0.25) is 0 Å². The molecule has 0 unspecified atom stereocenters. The smallest absolute Gasteiger partial charge is 0.164 e. The van der Waals surface area contributed by atoms with Crippen molar-refractivity contribution in [3.63, 3.8) is 0 Å². The van der Waals surface area contributed by atoms with E-state index in [1.54, 1.807) is 0 Å². The number of hydrogen-bond donors (Lipinski definition) is 0. The molecule has 0 atom stereocenters. The van der Waals surface area contributed by atoms with Crippen LogP contribution in [-0.4, -0.2) is 15.0 Å². The number of nitrogens with zero attached hydrogens (tertiary/aromatic N) is 3. The molecule has 50 heavy (non-hydrogen) atoms. The molecule has 0 aliphatic rings. The van der Waals surface area contributed by atoms with Crippen molar-refractivity contribution < 1.29 is 4.42 Å². The van der Waals surface area contributed by atoms with Gasteiger partial charge in [0.05, 0.1) is 0 Å². The van der Waals surface area contributed by atoms with Gasteiger partial charge in [-0.2, -0.15) is 0 Å². The van der Waals surface area contributed by atoms with E-state index in [0.717, 1.165) is 49.8 Å². The third kappa shape index (κ3) is 4.87. The van der Waals surface area contributed by atoms with Gasteiger partial charge in [0.1, 0.15) is 11.2 Å². The van der Waals surface area contributed by atoms with Gasteiger partial charge in [0.2, 0.25) is 0 Å². The monoisotopic (exact) mass is 657 g/mol. The average Bonchev–Trinajstić information content (AvgIpc) is 3.76. The Morgan fingerprint density at radius 2 is 0.960 bits per heavy atom. The van der Waals surface area contributed by atoms with Crippen LogP contribution in [0.3, 0.4) is 0 Å². The molecule has 0 N–H and O–H groups in total. The predicted octanol–water partition coefficient (Wildman–Crippen LogP) is 12.5. The van der Waals surface area contributed by atoms with Gasteiger partial charge in [-0.25, -0.2) is 15.0 Å². The van der Waals surface area contributed by atoms with Crippen LogP contribution < -0.4 is 0 Å². The van der Waals surface area contributed by atoms with E-state index in [1.165, 1.54) is 31.3 Å². The summed E-state index contributed by atoms with van der Waals surface area (Å²) in [6.45, 7) is 0. The fraction of sp³-hybridized carbons (Fsp3) is 0. The minimum atomic E-state index is 0.601. The van der Waals surface area contributed by atoms with E-state index in [9.17, 15) is 0 Å². The van der Waals surface area contributed by atoms with Crippen molar-refractivity contribution in [2.45, 2.75) is 0 Å². The Bertz CT molecular complexity index is 2800. The zero-order chi connectivity index (χ0) is 33.0. The molecule has 0 aliphatic heterocycles. The Morgan fingerprint density at radius 1 is 0.360 bits per heavy atom. The second-order valence-electron chi connectivity index (χ2n) is 12.4. The molecule has 3 aromatic heterocycles. The maximum atomic E-state index is 6.50. The van der Waals surface area contributed by atoms with Gasteiger partial charge in [0, 0.05) is 47.6 Å². The molecular weight excluding hydrogens is 631 g/mol. The minimum absolute atomic E-state index is 0.601. The fourth-order valence-electron chi connectivity index (χ4n) is 6.89. The van der Waals surface area contributed by atoms with Gasteiger partial charge in [0.15, 0.2) is 17.5 Å². The molecule has 3 heterocycles. The highest BCUT2D eigenvalue weighted by Gasteiger charge is 2.17. The summed E-state index contributed by atoms with van der Waals surface area (Å²) in [6.07, 6.45) is 0. The lowest BCUT2D eigenvalue weighted by Gasteiger charge is -2.08. The number of benzene rings is 7. The highest BCUT2D eigenvalue weighted by atomic mass is 32.1. The third-order valence-electron chi connectivity index (χ3n) is 9.36. The van der Waals surface area contributed by atoms with Crippen LogP contribution in [0.25, 0.3) is 98.5 Å². The lowest BCUT2D eigenvalue weighted by atomic mass is 9.96. The van der Waals surface area contributed by atoms with E-state index in [2.05, 4.69) is 91.0 Å². The summed E-state index contributed by atoms with van der Waals surface area (Å²) < 4.78 is 9.14. The quantitative estimate of drug-likeness (QED) is 0.185. The van der Waals surface area contributed by atoms with Gasteiger partial charge < -0.3 is 4.42 Å². The van der Waals surface area contributed by atoms with Crippen LogP contribution in [0, 0.1) is 0 Å².